The molecule has 1 aliphatic rings. The van der Waals surface area contributed by atoms with Crippen LogP contribution >= 0.6 is 0 Å². The predicted molar refractivity (Wildman–Crippen MR) is 99.1 cm³/mol. The quantitative estimate of drug-likeness (QED) is 0.786. The highest BCUT2D eigenvalue weighted by molar-refractivity contribution is 5.93. The summed E-state index contributed by atoms with van der Waals surface area (Å²) < 4.78 is 1.83. The summed E-state index contributed by atoms with van der Waals surface area (Å²) in [5.74, 6) is 0.486. The minimum absolute atomic E-state index is 0.0750. The van der Waals surface area contributed by atoms with E-state index in [1.165, 1.54) is 5.69 Å². The van der Waals surface area contributed by atoms with E-state index >= 15 is 0 Å². The van der Waals surface area contributed by atoms with E-state index in [0.717, 1.165) is 42.8 Å². The molecule has 1 N–H and O–H groups in total. The van der Waals surface area contributed by atoms with Gasteiger partial charge in [0, 0.05) is 43.1 Å². The number of hydrogen-bond donors (Lipinski definition) is 1. The Kier molecular flexibility index (Phi) is 4.22. The summed E-state index contributed by atoms with van der Waals surface area (Å²) in [6.07, 6.45) is 7.19. The van der Waals surface area contributed by atoms with Crippen LogP contribution in [0, 0.1) is 6.92 Å². The molecule has 136 valence electrons. The molecule has 26 heavy (non-hydrogen) atoms. The Morgan fingerprint density at radius 2 is 2.04 bits per heavy atom. The number of amides is 1. The molecular weight excluding hydrogens is 328 g/mol. The number of aromatic nitrogens is 5. The number of nitrogens with zero attached hydrogens (tertiary/aromatic N) is 5. The Balaban J connectivity index is 1.43. The van der Waals surface area contributed by atoms with E-state index in [2.05, 4.69) is 40.0 Å². The smallest absolute Gasteiger partial charge is 0.257 e. The fraction of sp³-hybridized carbons (Fsp3) is 0.474. The molecule has 0 spiro atoms. The second-order valence-corrected chi connectivity index (χ2v) is 7.34. The highest BCUT2D eigenvalue weighted by Crippen LogP contribution is 2.29. The van der Waals surface area contributed by atoms with Crippen molar-refractivity contribution in [3.63, 3.8) is 0 Å². The highest BCUT2D eigenvalue weighted by Gasteiger charge is 2.26. The standard InChI is InChI=1S/C19H24N6O/c1-12(2)25-11-15(10-21-25)19(26)24-6-4-14(5-7-24)16-8-17-18(23-16)22-13(3)9-20-17/h8-12,14H,4-7H2,1-3H3,(H,22,23). The molecule has 4 heterocycles. The number of hydrogen-bond acceptors (Lipinski definition) is 4. The number of H-pyrrole nitrogens is 1. The number of aromatic amines is 1. The van der Waals surface area contributed by atoms with Crippen LogP contribution in [-0.2, 0) is 0 Å². The largest absolute Gasteiger partial charge is 0.342 e. The molecule has 1 fully saturated rings. The molecule has 1 saturated heterocycles. The Labute approximate surface area is 152 Å². The Morgan fingerprint density at radius 3 is 2.73 bits per heavy atom. The van der Waals surface area contributed by atoms with Gasteiger partial charge in [-0.25, -0.2) is 4.98 Å². The van der Waals surface area contributed by atoms with Gasteiger partial charge in [0.15, 0.2) is 5.65 Å². The van der Waals surface area contributed by atoms with Crippen LogP contribution in [0.15, 0.2) is 24.7 Å². The van der Waals surface area contributed by atoms with E-state index in [1.807, 2.05) is 22.7 Å². The van der Waals surface area contributed by atoms with Gasteiger partial charge in [0.25, 0.3) is 5.91 Å². The third-order valence-electron chi connectivity index (χ3n) is 5.08. The lowest BCUT2D eigenvalue weighted by atomic mass is 9.93. The molecule has 3 aromatic heterocycles. The number of rotatable bonds is 3. The number of piperidine rings is 1. The summed E-state index contributed by atoms with van der Waals surface area (Å²) in [4.78, 5) is 27.0. The highest BCUT2D eigenvalue weighted by atomic mass is 16.2. The first kappa shape index (κ1) is 16.8. The maximum atomic E-state index is 12.7. The lowest BCUT2D eigenvalue weighted by molar-refractivity contribution is 0.0712. The van der Waals surface area contributed by atoms with Crippen molar-refractivity contribution in [2.75, 3.05) is 13.1 Å². The molecule has 0 radical (unpaired) electrons. The SMILES string of the molecule is Cc1cnc2cc(C3CCN(C(=O)c4cnn(C(C)C)c4)CC3)[nH]c2n1. The lowest BCUT2D eigenvalue weighted by Gasteiger charge is -2.31. The van der Waals surface area contributed by atoms with Crippen LogP contribution < -0.4 is 0 Å². The van der Waals surface area contributed by atoms with Crippen molar-refractivity contribution in [3.8, 4) is 0 Å². The normalized spacial score (nSPS) is 15.9. The van der Waals surface area contributed by atoms with Crippen LogP contribution in [0.25, 0.3) is 11.2 Å². The van der Waals surface area contributed by atoms with Crippen molar-refractivity contribution < 1.29 is 4.79 Å². The molecule has 0 atom stereocenters. The van der Waals surface area contributed by atoms with E-state index in [9.17, 15) is 4.79 Å². The molecule has 1 amide bonds. The monoisotopic (exact) mass is 352 g/mol. The van der Waals surface area contributed by atoms with Gasteiger partial charge < -0.3 is 9.88 Å². The maximum absolute atomic E-state index is 12.7. The van der Waals surface area contributed by atoms with Gasteiger partial charge in [-0.1, -0.05) is 0 Å². The van der Waals surface area contributed by atoms with Gasteiger partial charge in [-0.3, -0.25) is 14.5 Å². The van der Waals surface area contributed by atoms with Crippen molar-refractivity contribution in [1.82, 2.24) is 29.6 Å². The minimum Gasteiger partial charge on any atom is -0.342 e. The second kappa shape index (κ2) is 6.55. The third kappa shape index (κ3) is 3.09. The summed E-state index contributed by atoms with van der Waals surface area (Å²) in [5.41, 5.74) is 4.51. The van der Waals surface area contributed by atoms with Gasteiger partial charge >= 0.3 is 0 Å². The minimum atomic E-state index is 0.0750. The number of carbonyl (C=O) groups excluding carboxylic acids is 1. The van der Waals surface area contributed by atoms with Crippen molar-refractivity contribution in [3.05, 3.63) is 41.6 Å². The van der Waals surface area contributed by atoms with Crippen LogP contribution in [0.1, 0.15) is 60.4 Å². The molecule has 0 aliphatic carbocycles. The van der Waals surface area contributed by atoms with Crippen molar-refractivity contribution in [2.24, 2.45) is 0 Å². The fourth-order valence-corrected chi connectivity index (χ4v) is 3.53. The number of nitrogens with one attached hydrogen (secondary N) is 1. The number of likely N-dealkylation sites (tertiary alicyclic amines) is 1. The average Bonchev–Trinajstić information content (AvgIpc) is 3.28. The Morgan fingerprint density at radius 1 is 1.27 bits per heavy atom. The van der Waals surface area contributed by atoms with Crippen molar-refractivity contribution >= 4 is 17.1 Å². The van der Waals surface area contributed by atoms with Gasteiger partial charge in [-0.05, 0) is 39.7 Å². The van der Waals surface area contributed by atoms with Crippen molar-refractivity contribution in [1.29, 1.82) is 0 Å². The maximum Gasteiger partial charge on any atom is 0.257 e. The van der Waals surface area contributed by atoms with Gasteiger partial charge in [0.1, 0.15) is 5.52 Å². The van der Waals surface area contributed by atoms with Crippen LogP contribution in [0.3, 0.4) is 0 Å². The second-order valence-electron chi connectivity index (χ2n) is 7.34. The molecule has 4 rings (SSSR count). The first-order valence-corrected chi connectivity index (χ1v) is 9.17. The molecular formula is C19H24N6O. The third-order valence-corrected chi connectivity index (χ3v) is 5.08. The van der Waals surface area contributed by atoms with E-state index in [-0.39, 0.29) is 11.9 Å². The van der Waals surface area contributed by atoms with E-state index < -0.39 is 0 Å². The van der Waals surface area contributed by atoms with E-state index in [4.69, 9.17) is 0 Å². The summed E-state index contributed by atoms with van der Waals surface area (Å²) >= 11 is 0. The zero-order valence-electron chi connectivity index (χ0n) is 15.4. The zero-order valence-corrected chi connectivity index (χ0v) is 15.4. The molecule has 0 saturated carbocycles. The lowest BCUT2D eigenvalue weighted by Crippen LogP contribution is -2.37. The molecule has 3 aromatic rings. The van der Waals surface area contributed by atoms with Gasteiger partial charge in [0.05, 0.1) is 17.5 Å². The van der Waals surface area contributed by atoms with E-state index in [1.54, 1.807) is 12.4 Å². The van der Waals surface area contributed by atoms with Gasteiger partial charge in [-0.2, -0.15) is 5.10 Å². The van der Waals surface area contributed by atoms with Crippen LogP contribution in [-0.4, -0.2) is 48.6 Å². The summed E-state index contributed by atoms with van der Waals surface area (Å²) in [6, 6.07) is 2.35. The van der Waals surface area contributed by atoms with Gasteiger partial charge in [-0.15, -0.1) is 0 Å². The van der Waals surface area contributed by atoms with E-state index in [0.29, 0.717) is 11.5 Å². The van der Waals surface area contributed by atoms with Crippen LogP contribution in [0.2, 0.25) is 0 Å². The topological polar surface area (TPSA) is 79.7 Å². The zero-order chi connectivity index (χ0) is 18.3. The number of carbonyl (C=O) groups is 1. The summed E-state index contributed by atoms with van der Waals surface area (Å²) in [5, 5.41) is 4.28. The number of aryl methyl sites for hydroxylation is 1. The molecule has 0 bridgehead atoms. The molecule has 1 aliphatic heterocycles. The Bertz CT molecular complexity index is 933. The number of fused-ring (bicyclic) bond motifs is 1. The predicted octanol–water partition coefficient (Wildman–Crippen LogP) is 3.06. The Hall–Kier alpha value is -2.70. The first-order valence-electron chi connectivity index (χ1n) is 9.17. The first-order chi connectivity index (χ1) is 12.5. The molecule has 7 nitrogen and oxygen atoms in total. The van der Waals surface area contributed by atoms with Crippen molar-refractivity contribution in [2.45, 2.75) is 45.6 Å². The average molecular weight is 352 g/mol. The van der Waals surface area contributed by atoms with Crippen LogP contribution in [0.5, 0.6) is 0 Å². The summed E-state index contributed by atoms with van der Waals surface area (Å²) in [7, 11) is 0. The van der Waals surface area contributed by atoms with Crippen LogP contribution in [0.4, 0.5) is 0 Å². The molecule has 7 heteroatoms. The van der Waals surface area contributed by atoms with Gasteiger partial charge in [0.2, 0.25) is 0 Å². The fourth-order valence-electron chi connectivity index (χ4n) is 3.53. The summed E-state index contributed by atoms with van der Waals surface area (Å²) in [6.45, 7) is 7.56. The molecule has 0 aromatic carbocycles. The molecule has 0 unspecified atom stereocenters.